The maximum atomic E-state index is 12.6. The molecule has 0 aliphatic carbocycles. The fourth-order valence-electron chi connectivity index (χ4n) is 2.85. The number of fused-ring (bicyclic) bond motifs is 1. The Balaban J connectivity index is 1.86. The van der Waals surface area contributed by atoms with Gasteiger partial charge in [-0.15, -0.1) is 0 Å². The van der Waals surface area contributed by atoms with Crippen molar-refractivity contribution >= 4 is 22.9 Å². The van der Waals surface area contributed by atoms with E-state index < -0.39 is 5.97 Å². The van der Waals surface area contributed by atoms with E-state index in [1.807, 2.05) is 54.6 Å². The van der Waals surface area contributed by atoms with E-state index in [4.69, 9.17) is 9.84 Å². The lowest BCUT2D eigenvalue weighted by Crippen LogP contribution is -2.37. The Morgan fingerprint density at radius 2 is 1.81 bits per heavy atom. The fourth-order valence-corrected chi connectivity index (χ4v) is 2.85. The first kappa shape index (κ1) is 18.4. The number of carboxylic acid groups (broad SMARTS) is 1. The molecule has 3 aromatic rings. The van der Waals surface area contributed by atoms with Crippen molar-refractivity contribution < 1.29 is 19.4 Å². The van der Waals surface area contributed by atoms with Gasteiger partial charge >= 0.3 is 5.97 Å². The van der Waals surface area contributed by atoms with Crippen molar-refractivity contribution in [3.05, 3.63) is 60.4 Å². The number of imidazole rings is 1. The van der Waals surface area contributed by atoms with Crippen LogP contribution in [0.15, 0.2) is 54.6 Å². The second-order valence-corrected chi connectivity index (χ2v) is 6.01. The van der Waals surface area contributed by atoms with Crippen LogP contribution >= 0.6 is 0 Å². The number of ether oxygens (including phenoxy) is 1. The lowest BCUT2D eigenvalue weighted by molar-refractivity contribution is -0.144. The number of nitrogens with zero attached hydrogens (tertiary/aromatic N) is 3. The number of aliphatic carboxylic acids is 1. The zero-order chi connectivity index (χ0) is 19.2. The molecule has 0 fully saturated rings. The van der Waals surface area contributed by atoms with E-state index in [0.717, 1.165) is 11.0 Å². The summed E-state index contributed by atoms with van der Waals surface area (Å²) >= 11 is 0. The Labute approximate surface area is 156 Å². The predicted octanol–water partition coefficient (Wildman–Crippen LogP) is 2.55. The van der Waals surface area contributed by atoms with Crippen LogP contribution in [0.25, 0.3) is 11.0 Å². The number of carbonyl (C=O) groups is 2. The van der Waals surface area contributed by atoms with Gasteiger partial charge in [0.2, 0.25) is 5.91 Å². The van der Waals surface area contributed by atoms with E-state index in [0.29, 0.717) is 18.1 Å². The molecule has 7 heteroatoms. The van der Waals surface area contributed by atoms with Crippen LogP contribution in [0.2, 0.25) is 0 Å². The Morgan fingerprint density at radius 1 is 1.11 bits per heavy atom. The first-order chi connectivity index (χ1) is 13.1. The quantitative estimate of drug-likeness (QED) is 0.661. The summed E-state index contributed by atoms with van der Waals surface area (Å²) in [7, 11) is 0. The average Bonchev–Trinajstić information content (AvgIpc) is 3.02. The van der Waals surface area contributed by atoms with Crippen LogP contribution in [-0.4, -0.2) is 44.5 Å². The van der Waals surface area contributed by atoms with Crippen LogP contribution in [0, 0.1) is 0 Å². The van der Waals surface area contributed by atoms with E-state index in [1.54, 1.807) is 11.5 Å². The molecule has 0 radical (unpaired) electrons. The zero-order valence-electron chi connectivity index (χ0n) is 15.0. The Bertz CT molecular complexity index is 937. The Hall–Kier alpha value is -3.35. The number of benzene rings is 2. The van der Waals surface area contributed by atoms with Gasteiger partial charge in [0.1, 0.15) is 31.3 Å². The third kappa shape index (κ3) is 4.44. The molecular weight excluding hydrogens is 346 g/mol. The van der Waals surface area contributed by atoms with Gasteiger partial charge in [-0.25, -0.2) is 4.98 Å². The highest BCUT2D eigenvalue weighted by atomic mass is 16.5. The zero-order valence-corrected chi connectivity index (χ0v) is 15.0. The number of amides is 1. The van der Waals surface area contributed by atoms with Crippen LogP contribution in [0.1, 0.15) is 12.7 Å². The molecule has 2 aromatic carbocycles. The molecule has 0 saturated heterocycles. The van der Waals surface area contributed by atoms with E-state index in [9.17, 15) is 9.59 Å². The van der Waals surface area contributed by atoms with Crippen molar-refractivity contribution in [2.45, 2.75) is 20.1 Å². The summed E-state index contributed by atoms with van der Waals surface area (Å²) in [5.41, 5.74) is 1.57. The molecule has 1 aromatic heterocycles. The predicted molar refractivity (Wildman–Crippen MR) is 100 cm³/mol. The van der Waals surface area contributed by atoms with Gasteiger partial charge in [0.25, 0.3) is 0 Å². The Morgan fingerprint density at radius 3 is 2.52 bits per heavy atom. The molecule has 0 bridgehead atoms. The Kier molecular flexibility index (Phi) is 5.71. The van der Waals surface area contributed by atoms with E-state index in [2.05, 4.69) is 4.98 Å². The maximum absolute atomic E-state index is 12.6. The van der Waals surface area contributed by atoms with E-state index in [1.165, 1.54) is 4.90 Å². The number of carbonyl (C=O) groups excluding carboxylic acids is 1. The third-order valence-corrected chi connectivity index (χ3v) is 4.20. The second kappa shape index (κ2) is 8.35. The summed E-state index contributed by atoms with van der Waals surface area (Å²) in [6.45, 7) is 1.98. The number of para-hydroxylation sites is 3. The standard InChI is InChI=1S/C20H21N3O4/c1-2-22(13-20(25)26)19(24)12-23-17-11-7-6-10-16(17)21-18(23)14-27-15-8-4-3-5-9-15/h3-11H,2,12-14H2,1H3,(H,25,26). The minimum absolute atomic E-state index is 0.00904. The van der Waals surface area contributed by atoms with Crippen LogP contribution in [0.4, 0.5) is 0 Å². The molecule has 1 N–H and O–H groups in total. The average molecular weight is 367 g/mol. The number of likely N-dealkylation sites (N-methyl/N-ethyl adjacent to an activating group) is 1. The smallest absolute Gasteiger partial charge is 0.323 e. The molecule has 27 heavy (non-hydrogen) atoms. The highest BCUT2D eigenvalue weighted by Crippen LogP contribution is 2.18. The molecule has 0 saturated carbocycles. The van der Waals surface area contributed by atoms with Crippen LogP contribution in [0.5, 0.6) is 5.75 Å². The topological polar surface area (TPSA) is 84.7 Å². The van der Waals surface area contributed by atoms with Crippen LogP contribution < -0.4 is 4.74 Å². The summed E-state index contributed by atoms with van der Waals surface area (Å²) in [6.07, 6.45) is 0. The number of hydrogen-bond acceptors (Lipinski definition) is 4. The van der Waals surface area contributed by atoms with Crippen molar-refractivity contribution in [3.8, 4) is 5.75 Å². The van der Waals surface area contributed by atoms with E-state index in [-0.39, 0.29) is 25.6 Å². The first-order valence-corrected chi connectivity index (χ1v) is 8.70. The van der Waals surface area contributed by atoms with Gasteiger partial charge in [-0.2, -0.15) is 0 Å². The molecule has 3 rings (SSSR count). The summed E-state index contributed by atoms with van der Waals surface area (Å²) in [4.78, 5) is 29.5. The summed E-state index contributed by atoms with van der Waals surface area (Å²) in [6, 6.07) is 16.9. The molecule has 140 valence electrons. The number of rotatable bonds is 8. The lowest BCUT2D eigenvalue weighted by atomic mass is 10.3. The summed E-state index contributed by atoms with van der Waals surface area (Å²) in [5.74, 6) is 0.0145. The largest absolute Gasteiger partial charge is 0.486 e. The molecule has 0 atom stereocenters. The van der Waals surface area contributed by atoms with Gasteiger partial charge in [0.15, 0.2) is 0 Å². The minimum atomic E-state index is -1.03. The van der Waals surface area contributed by atoms with Gasteiger partial charge < -0.3 is 19.3 Å². The molecule has 0 aliphatic heterocycles. The molecule has 1 amide bonds. The van der Waals surface area contributed by atoms with Crippen molar-refractivity contribution in [1.82, 2.24) is 14.5 Å². The molecule has 0 unspecified atom stereocenters. The molecular formula is C20H21N3O4. The van der Waals surface area contributed by atoms with Crippen LogP contribution in [0.3, 0.4) is 0 Å². The summed E-state index contributed by atoms with van der Waals surface area (Å²) in [5, 5.41) is 8.99. The number of hydrogen-bond donors (Lipinski definition) is 1. The van der Waals surface area contributed by atoms with Crippen molar-refractivity contribution in [2.24, 2.45) is 0 Å². The molecule has 7 nitrogen and oxygen atoms in total. The maximum Gasteiger partial charge on any atom is 0.323 e. The lowest BCUT2D eigenvalue weighted by Gasteiger charge is -2.19. The third-order valence-electron chi connectivity index (χ3n) is 4.20. The van der Waals surface area contributed by atoms with Crippen molar-refractivity contribution in [2.75, 3.05) is 13.1 Å². The van der Waals surface area contributed by atoms with Gasteiger partial charge in [-0.1, -0.05) is 30.3 Å². The van der Waals surface area contributed by atoms with Crippen molar-refractivity contribution in [1.29, 1.82) is 0 Å². The number of aromatic nitrogens is 2. The van der Waals surface area contributed by atoms with Gasteiger partial charge in [0.05, 0.1) is 11.0 Å². The number of carboxylic acids is 1. The normalized spacial score (nSPS) is 10.7. The molecule has 0 aliphatic rings. The van der Waals surface area contributed by atoms with Crippen LogP contribution in [-0.2, 0) is 22.7 Å². The SMILES string of the molecule is CCN(CC(=O)O)C(=O)Cn1c(COc2ccccc2)nc2ccccc21. The highest BCUT2D eigenvalue weighted by molar-refractivity contribution is 5.83. The van der Waals surface area contributed by atoms with Crippen molar-refractivity contribution in [3.63, 3.8) is 0 Å². The second-order valence-electron chi connectivity index (χ2n) is 6.01. The summed E-state index contributed by atoms with van der Waals surface area (Å²) < 4.78 is 7.58. The molecule has 0 spiro atoms. The molecule has 1 heterocycles. The van der Waals surface area contributed by atoms with Gasteiger partial charge in [0, 0.05) is 6.54 Å². The monoisotopic (exact) mass is 367 g/mol. The fraction of sp³-hybridized carbons (Fsp3) is 0.250. The first-order valence-electron chi connectivity index (χ1n) is 8.70. The highest BCUT2D eigenvalue weighted by Gasteiger charge is 2.19. The van der Waals surface area contributed by atoms with Gasteiger partial charge in [-0.3, -0.25) is 9.59 Å². The minimum Gasteiger partial charge on any atom is -0.486 e. The van der Waals surface area contributed by atoms with E-state index >= 15 is 0 Å². The van der Waals surface area contributed by atoms with Gasteiger partial charge in [-0.05, 0) is 31.2 Å².